The zero-order valence-electron chi connectivity index (χ0n) is 8.48. The van der Waals surface area contributed by atoms with E-state index in [1.807, 2.05) is 13.0 Å². The van der Waals surface area contributed by atoms with Crippen molar-refractivity contribution >= 4 is 18.0 Å². The van der Waals surface area contributed by atoms with Gasteiger partial charge in [-0.05, 0) is 31.1 Å². The number of carbonyl (C=O) groups excluding carboxylic acids is 1. The molecule has 0 bridgehead atoms. The Morgan fingerprint density at radius 2 is 2.07 bits per heavy atom. The average Bonchev–Trinajstić information content (AvgIpc) is 2.25. The predicted molar refractivity (Wildman–Crippen MR) is 62.7 cm³/mol. The quantitative estimate of drug-likeness (QED) is 0.528. The van der Waals surface area contributed by atoms with Gasteiger partial charge in [0, 0.05) is 0 Å². The van der Waals surface area contributed by atoms with Crippen LogP contribution in [0.5, 0.6) is 0 Å². The number of benzene rings is 1. The second kappa shape index (κ2) is 6.66. The van der Waals surface area contributed by atoms with Gasteiger partial charge < -0.3 is 4.79 Å². The minimum absolute atomic E-state index is 0.144. The van der Waals surface area contributed by atoms with Crippen LogP contribution in [-0.2, 0) is 11.2 Å². The van der Waals surface area contributed by atoms with Crippen molar-refractivity contribution in [2.24, 2.45) is 0 Å². The second-order valence-corrected chi connectivity index (χ2v) is 4.79. The van der Waals surface area contributed by atoms with Gasteiger partial charge in [0.05, 0.1) is 5.25 Å². The lowest BCUT2D eigenvalue weighted by Gasteiger charge is -2.03. The van der Waals surface area contributed by atoms with Crippen molar-refractivity contribution in [3.63, 3.8) is 0 Å². The highest BCUT2D eigenvalue weighted by molar-refractivity contribution is 8.00. The molecule has 1 unspecified atom stereocenters. The molecule has 0 N–H and O–H groups in total. The number of aldehydes is 1. The van der Waals surface area contributed by atoms with E-state index in [1.165, 1.54) is 5.56 Å². The number of hydrogen-bond acceptors (Lipinski definition) is 2. The van der Waals surface area contributed by atoms with Crippen molar-refractivity contribution in [3.05, 3.63) is 35.9 Å². The molecule has 76 valence electrons. The van der Waals surface area contributed by atoms with Gasteiger partial charge in [-0.1, -0.05) is 30.3 Å². The molecule has 0 spiro atoms. The third-order valence-electron chi connectivity index (χ3n) is 2.02. The Labute approximate surface area is 89.9 Å². The molecule has 14 heavy (non-hydrogen) atoms. The molecule has 0 aromatic heterocycles. The van der Waals surface area contributed by atoms with E-state index in [1.54, 1.807) is 11.8 Å². The third kappa shape index (κ3) is 4.47. The van der Waals surface area contributed by atoms with E-state index in [-0.39, 0.29) is 5.25 Å². The van der Waals surface area contributed by atoms with Crippen LogP contribution in [0.4, 0.5) is 0 Å². The van der Waals surface area contributed by atoms with Crippen LogP contribution in [0.1, 0.15) is 18.9 Å². The Morgan fingerprint density at radius 1 is 1.36 bits per heavy atom. The summed E-state index contributed by atoms with van der Waals surface area (Å²) in [7, 11) is 0. The summed E-state index contributed by atoms with van der Waals surface area (Å²) in [5, 5.41) is 0.144. The van der Waals surface area contributed by atoms with Crippen molar-refractivity contribution in [1.82, 2.24) is 0 Å². The van der Waals surface area contributed by atoms with Gasteiger partial charge >= 0.3 is 0 Å². The Balaban J connectivity index is 2.13. The molecule has 0 aliphatic heterocycles. The molecule has 1 atom stereocenters. The molecule has 0 saturated heterocycles. The van der Waals surface area contributed by atoms with E-state index in [0.29, 0.717) is 0 Å². The Hall–Kier alpha value is -0.760. The zero-order chi connectivity index (χ0) is 10.2. The molecule has 0 radical (unpaired) electrons. The summed E-state index contributed by atoms with van der Waals surface area (Å²) in [6.45, 7) is 1.94. The summed E-state index contributed by atoms with van der Waals surface area (Å²) >= 11 is 1.73. The van der Waals surface area contributed by atoms with Gasteiger partial charge in [-0.3, -0.25) is 0 Å². The SMILES string of the molecule is CC(C=O)SCCCc1ccccc1. The molecule has 0 saturated carbocycles. The first-order chi connectivity index (χ1) is 6.83. The molecular weight excluding hydrogens is 192 g/mol. The van der Waals surface area contributed by atoms with Gasteiger partial charge in [0.15, 0.2) is 0 Å². The van der Waals surface area contributed by atoms with Gasteiger partial charge in [0.25, 0.3) is 0 Å². The highest BCUT2D eigenvalue weighted by atomic mass is 32.2. The monoisotopic (exact) mass is 208 g/mol. The number of carbonyl (C=O) groups is 1. The van der Waals surface area contributed by atoms with E-state index in [9.17, 15) is 4.79 Å². The van der Waals surface area contributed by atoms with Gasteiger partial charge in [-0.2, -0.15) is 11.8 Å². The van der Waals surface area contributed by atoms with E-state index in [2.05, 4.69) is 24.3 Å². The molecule has 0 amide bonds. The lowest BCUT2D eigenvalue weighted by molar-refractivity contribution is -0.107. The minimum Gasteiger partial charge on any atom is -0.302 e. The van der Waals surface area contributed by atoms with Gasteiger partial charge in [-0.15, -0.1) is 0 Å². The van der Waals surface area contributed by atoms with E-state index in [0.717, 1.165) is 24.9 Å². The Morgan fingerprint density at radius 3 is 2.71 bits per heavy atom. The summed E-state index contributed by atoms with van der Waals surface area (Å²) in [5.74, 6) is 1.06. The third-order valence-corrected chi connectivity index (χ3v) is 3.19. The molecule has 1 rings (SSSR count). The first-order valence-corrected chi connectivity index (χ1v) is 5.98. The average molecular weight is 208 g/mol. The van der Waals surface area contributed by atoms with Crippen LogP contribution in [0.25, 0.3) is 0 Å². The van der Waals surface area contributed by atoms with E-state index in [4.69, 9.17) is 0 Å². The Kier molecular flexibility index (Phi) is 5.38. The predicted octanol–water partition coefficient (Wildman–Crippen LogP) is 2.94. The van der Waals surface area contributed by atoms with Crippen LogP contribution >= 0.6 is 11.8 Å². The van der Waals surface area contributed by atoms with Gasteiger partial charge in [0.1, 0.15) is 6.29 Å². The fourth-order valence-electron chi connectivity index (χ4n) is 1.23. The molecule has 0 aliphatic rings. The van der Waals surface area contributed by atoms with Crippen molar-refractivity contribution in [3.8, 4) is 0 Å². The number of rotatable bonds is 6. The Bertz CT molecular complexity index is 258. The zero-order valence-corrected chi connectivity index (χ0v) is 9.30. The van der Waals surface area contributed by atoms with Crippen LogP contribution in [0, 0.1) is 0 Å². The van der Waals surface area contributed by atoms with E-state index >= 15 is 0 Å². The summed E-state index contributed by atoms with van der Waals surface area (Å²) < 4.78 is 0. The molecule has 1 nitrogen and oxygen atoms in total. The molecule has 2 heteroatoms. The van der Waals surface area contributed by atoms with Crippen LogP contribution < -0.4 is 0 Å². The van der Waals surface area contributed by atoms with Crippen LogP contribution in [0.15, 0.2) is 30.3 Å². The smallest absolute Gasteiger partial charge is 0.132 e. The van der Waals surface area contributed by atoms with Crippen LogP contribution in [-0.4, -0.2) is 17.3 Å². The highest BCUT2D eigenvalue weighted by Gasteiger charge is 1.99. The maximum atomic E-state index is 10.3. The van der Waals surface area contributed by atoms with Crippen LogP contribution in [0.3, 0.4) is 0 Å². The summed E-state index contributed by atoms with van der Waals surface area (Å²) in [6, 6.07) is 10.5. The lowest BCUT2D eigenvalue weighted by atomic mass is 10.1. The van der Waals surface area contributed by atoms with Crippen LogP contribution in [0.2, 0.25) is 0 Å². The number of thioether (sulfide) groups is 1. The summed E-state index contributed by atoms with van der Waals surface area (Å²) in [6.07, 6.45) is 3.26. The summed E-state index contributed by atoms with van der Waals surface area (Å²) in [5.41, 5.74) is 1.38. The maximum absolute atomic E-state index is 10.3. The first kappa shape index (κ1) is 11.3. The molecule has 0 heterocycles. The van der Waals surface area contributed by atoms with Gasteiger partial charge in [-0.25, -0.2) is 0 Å². The largest absolute Gasteiger partial charge is 0.302 e. The minimum atomic E-state index is 0.144. The van der Waals surface area contributed by atoms with Crippen molar-refractivity contribution in [1.29, 1.82) is 0 Å². The van der Waals surface area contributed by atoms with Crippen molar-refractivity contribution in [2.75, 3.05) is 5.75 Å². The van der Waals surface area contributed by atoms with Gasteiger partial charge in [0.2, 0.25) is 0 Å². The first-order valence-electron chi connectivity index (χ1n) is 4.94. The molecular formula is C12H16OS. The molecule has 1 aromatic carbocycles. The summed E-state index contributed by atoms with van der Waals surface area (Å²) in [4.78, 5) is 10.3. The second-order valence-electron chi connectivity index (χ2n) is 3.30. The number of hydrogen-bond donors (Lipinski definition) is 0. The maximum Gasteiger partial charge on any atom is 0.132 e. The lowest BCUT2D eigenvalue weighted by Crippen LogP contribution is -1.98. The van der Waals surface area contributed by atoms with Crippen molar-refractivity contribution in [2.45, 2.75) is 25.0 Å². The molecule has 0 fully saturated rings. The molecule has 0 aliphatic carbocycles. The normalized spacial score (nSPS) is 12.4. The molecule has 1 aromatic rings. The standard InChI is InChI=1S/C12H16OS/c1-11(10-13)14-9-5-8-12-6-3-2-4-7-12/h2-4,6-7,10-11H,5,8-9H2,1H3. The number of aryl methyl sites for hydroxylation is 1. The fraction of sp³-hybridized carbons (Fsp3) is 0.417. The van der Waals surface area contributed by atoms with Crippen molar-refractivity contribution < 1.29 is 4.79 Å². The highest BCUT2D eigenvalue weighted by Crippen LogP contribution is 2.11. The van der Waals surface area contributed by atoms with E-state index < -0.39 is 0 Å². The topological polar surface area (TPSA) is 17.1 Å². The fourth-order valence-corrected chi connectivity index (χ4v) is 1.99.